The van der Waals surface area contributed by atoms with Crippen LogP contribution in [0.25, 0.3) is 0 Å². The normalized spacial score (nSPS) is 14.5. The van der Waals surface area contributed by atoms with Crippen LogP contribution >= 0.6 is 0 Å². The predicted octanol–water partition coefficient (Wildman–Crippen LogP) is 7.96. The van der Waals surface area contributed by atoms with Crippen molar-refractivity contribution < 1.29 is 18.4 Å². The predicted molar refractivity (Wildman–Crippen MR) is 247 cm³/mol. The number of anilines is 3. The second-order valence-electron chi connectivity index (χ2n) is 15.9. The van der Waals surface area contributed by atoms with Gasteiger partial charge < -0.3 is 4.74 Å². The standard InChI is InChI=1S/C19H24N3.C15H18N3O.C15H16N3.CH4/c1-18(2)16-8-6-7-9-17(16)22(19(18,3)4)20-14-15-10-12-21(5)13-11-15;1-17-10-8-13(9-11-17)12-16-18(2)14-4-6-15(19-3)7-5-14;1-17-9-6-13(7-10-17)12-16-18-11-8-14-4-2-3-5-15(14)18;/h6-14H,1-5H3;4-12H,1-3H3;2-7,9-10,12H,8,11H2,1H3;1H4/q3*+1;. The lowest BCUT2D eigenvalue weighted by molar-refractivity contribution is -0.671. The molecule has 0 saturated carbocycles. The molecule has 10 heteroatoms. The molecule has 0 radical (unpaired) electrons. The number of rotatable bonds is 8. The average Bonchev–Trinajstić information content (AvgIpc) is 3.73. The number of hydrogen-bond donors (Lipinski definition) is 0. The fraction of sp³-hybridized carbons (Fsp3) is 0.280. The van der Waals surface area contributed by atoms with Crippen LogP contribution in [0.1, 0.15) is 62.9 Å². The number of ether oxygens (including phenoxy) is 1. The van der Waals surface area contributed by atoms with Crippen LogP contribution in [-0.4, -0.2) is 44.9 Å². The number of hydrogen-bond acceptors (Lipinski definition) is 7. The number of hydrazone groups is 3. The number of para-hydroxylation sites is 2. The van der Waals surface area contributed by atoms with Gasteiger partial charge in [-0.15, -0.1) is 0 Å². The molecule has 3 aromatic heterocycles. The highest BCUT2D eigenvalue weighted by molar-refractivity contribution is 5.82. The van der Waals surface area contributed by atoms with Crippen molar-refractivity contribution in [2.45, 2.75) is 52.5 Å². The van der Waals surface area contributed by atoms with E-state index in [1.807, 2.05) is 139 Å². The maximum Gasteiger partial charge on any atom is 0.169 e. The van der Waals surface area contributed by atoms with Gasteiger partial charge in [-0.1, -0.05) is 57.7 Å². The fourth-order valence-corrected chi connectivity index (χ4v) is 6.80. The van der Waals surface area contributed by atoms with Gasteiger partial charge in [0.05, 0.1) is 48.4 Å². The summed E-state index contributed by atoms with van der Waals surface area (Å²) in [6.07, 6.45) is 18.9. The summed E-state index contributed by atoms with van der Waals surface area (Å²) < 4.78 is 11.2. The molecular formula is C50H62N9O+3. The zero-order valence-corrected chi connectivity index (χ0v) is 35.9. The number of fused-ring (bicyclic) bond motifs is 2. The maximum absolute atomic E-state index is 5.13. The lowest BCUT2D eigenvalue weighted by atomic mass is 9.73. The van der Waals surface area contributed by atoms with Gasteiger partial charge in [0.15, 0.2) is 37.2 Å². The minimum Gasteiger partial charge on any atom is -0.497 e. The molecule has 0 bridgehead atoms. The summed E-state index contributed by atoms with van der Waals surface area (Å²) in [7, 11) is 9.60. The number of methoxy groups -OCH3 is 1. The Hall–Kier alpha value is -6.68. The van der Waals surface area contributed by atoms with Crippen molar-refractivity contribution in [1.82, 2.24) is 0 Å². The summed E-state index contributed by atoms with van der Waals surface area (Å²) in [5.41, 5.74) is 9.46. The van der Waals surface area contributed by atoms with Crippen LogP contribution in [0.5, 0.6) is 5.75 Å². The SMILES string of the molecule is C.COc1ccc(N(C)N=Cc2cc[n+](C)cc2)cc1.C[n+]1ccc(C=NN2CCc3ccccc32)cc1.C[n+]1ccc(C=NN2c3ccccc3C(C)(C)C2(C)C)cc1. The number of benzene rings is 3. The molecule has 0 atom stereocenters. The van der Waals surface area contributed by atoms with Crippen LogP contribution in [0, 0.1) is 0 Å². The van der Waals surface area contributed by atoms with E-state index in [0.717, 1.165) is 41.1 Å². The molecule has 0 saturated heterocycles. The van der Waals surface area contributed by atoms with Crippen molar-refractivity contribution in [1.29, 1.82) is 0 Å². The Bertz CT molecular complexity index is 2370. The molecule has 6 aromatic rings. The van der Waals surface area contributed by atoms with Gasteiger partial charge in [0.1, 0.15) is 26.9 Å². The van der Waals surface area contributed by atoms with E-state index < -0.39 is 0 Å². The van der Waals surface area contributed by atoms with Crippen molar-refractivity contribution in [3.05, 3.63) is 174 Å². The number of aromatic nitrogens is 3. The molecule has 5 heterocycles. The first-order valence-corrected chi connectivity index (χ1v) is 20.0. The van der Waals surface area contributed by atoms with Crippen LogP contribution in [0.2, 0.25) is 0 Å². The molecule has 10 nitrogen and oxygen atoms in total. The molecule has 0 amide bonds. The third kappa shape index (κ3) is 10.7. The zero-order valence-electron chi connectivity index (χ0n) is 35.9. The quantitative estimate of drug-likeness (QED) is 0.0891. The van der Waals surface area contributed by atoms with Crippen molar-refractivity contribution >= 4 is 35.7 Å². The van der Waals surface area contributed by atoms with Gasteiger partial charge in [0.25, 0.3) is 0 Å². The van der Waals surface area contributed by atoms with E-state index in [1.165, 1.54) is 22.5 Å². The van der Waals surface area contributed by atoms with E-state index in [4.69, 9.17) is 9.84 Å². The molecule has 60 heavy (non-hydrogen) atoms. The van der Waals surface area contributed by atoms with Gasteiger partial charge in [0.2, 0.25) is 0 Å². The smallest absolute Gasteiger partial charge is 0.169 e. The highest BCUT2D eigenvalue weighted by Gasteiger charge is 2.51. The Labute approximate surface area is 357 Å². The van der Waals surface area contributed by atoms with Gasteiger partial charge in [-0.05, 0) is 67.8 Å². The lowest BCUT2D eigenvalue weighted by Gasteiger charge is -2.39. The first-order valence-electron chi connectivity index (χ1n) is 20.0. The summed E-state index contributed by atoms with van der Waals surface area (Å²) in [6, 6.07) is 37.1. The van der Waals surface area contributed by atoms with Gasteiger partial charge in [-0.25, -0.2) is 13.7 Å². The Morgan fingerprint density at radius 3 is 1.65 bits per heavy atom. The van der Waals surface area contributed by atoms with Crippen LogP contribution in [0.4, 0.5) is 17.1 Å². The van der Waals surface area contributed by atoms with E-state index in [0.29, 0.717) is 0 Å². The minimum atomic E-state index is -0.0768. The summed E-state index contributed by atoms with van der Waals surface area (Å²) >= 11 is 0. The van der Waals surface area contributed by atoms with E-state index in [-0.39, 0.29) is 18.4 Å². The summed E-state index contributed by atoms with van der Waals surface area (Å²) in [5.74, 6) is 0.844. The highest BCUT2D eigenvalue weighted by Crippen LogP contribution is 2.51. The molecule has 0 aliphatic carbocycles. The third-order valence-corrected chi connectivity index (χ3v) is 11.2. The van der Waals surface area contributed by atoms with Crippen molar-refractivity contribution in [2.24, 2.45) is 36.4 Å². The zero-order chi connectivity index (χ0) is 42.0. The van der Waals surface area contributed by atoms with Crippen LogP contribution in [0.15, 0.2) is 162 Å². The number of pyridine rings is 3. The molecule has 0 spiro atoms. The second-order valence-corrected chi connectivity index (χ2v) is 15.9. The molecule has 310 valence electrons. The lowest BCUT2D eigenvalue weighted by Crippen LogP contribution is -2.48. The largest absolute Gasteiger partial charge is 0.497 e. The third-order valence-electron chi connectivity index (χ3n) is 11.2. The Morgan fingerprint density at radius 1 is 0.617 bits per heavy atom. The number of nitrogens with zero attached hydrogens (tertiary/aromatic N) is 9. The second kappa shape index (κ2) is 19.8. The first kappa shape index (κ1) is 44.4. The van der Waals surface area contributed by atoms with E-state index in [1.54, 1.807) is 7.11 Å². The molecule has 0 N–H and O–H groups in total. The first-order chi connectivity index (χ1) is 28.3. The maximum atomic E-state index is 5.13. The molecular weight excluding hydrogens is 743 g/mol. The molecule has 2 aliphatic rings. The van der Waals surface area contributed by atoms with E-state index >= 15 is 0 Å². The van der Waals surface area contributed by atoms with Gasteiger partial charge in [-0.3, -0.25) is 15.0 Å². The Kier molecular flexibility index (Phi) is 14.7. The average molecular weight is 805 g/mol. The van der Waals surface area contributed by atoms with Gasteiger partial charge >= 0.3 is 0 Å². The van der Waals surface area contributed by atoms with Crippen LogP contribution in [0.3, 0.4) is 0 Å². The Morgan fingerprint density at radius 2 is 1.10 bits per heavy atom. The van der Waals surface area contributed by atoms with Gasteiger partial charge in [-0.2, -0.15) is 15.3 Å². The fourth-order valence-electron chi connectivity index (χ4n) is 6.80. The number of aryl methyl sites for hydroxylation is 3. The monoisotopic (exact) mass is 805 g/mol. The Balaban J connectivity index is 0.000000170. The molecule has 0 fully saturated rings. The molecule has 3 aromatic carbocycles. The van der Waals surface area contributed by atoms with Crippen molar-refractivity contribution in [3.63, 3.8) is 0 Å². The summed E-state index contributed by atoms with van der Waals surface area (Å²) in [5, 5.41) is 19.8. The van der Waals surface area contributed by atoms with Crippen molar-refractivity contribution in [3.8, 4) is 5.75 Å². The van der Waals surface area contributed by atoms with E-state index in [2.05, 4.69) is 121 Å². The van der Waals surface area contributed by atoms with Gasteiger partial charge in [0, 0.05) is 72.1 Å². The summed E-state index contributed by atoms with van der Waals surface area (Å²) in [4.78, 5) is 0. The van der Waals surface area contributed by atoms with E-state index in [9.17, 15) is 0 Å². The van der Waals surface area contributed by atoms with Crippen LogP contribution in [-0.2, 0) is 33.0 Å². The minimum absolute atomic E-state index is 0. The van der Waals surface area contributed by atoms with Crippen molar-refractivity contribution in [2.75, 3.05) is 35.7 Å². The van der Waals surface area contributed by atoms with Crippen LogP contribution < -0.4 is 33.5 Å². The molecule has 8 rings (SSSR count). The molecule has 0 unspecified atom stereocenters. The topological polar surface area (TPSA) is 67.7 Å². The molecule has 2 aliphatic heterocycles. The highest BCUT2D eigenvalue weighted by atomic mass is 16.5. The summed E-state index contributed by atoms with van der Waals surface area (Å²) in [6.45, 7) is 10.1.